The number of allylic oxidation sites excluding steroid dienone is 4. The first kappa shape index (κ1) is 29.3. The Balaban J connectivity index is 3.41. The summed E-state index contributed by atoms with van der Waals surface area (Å²) < 4.78 is 23.9. The Morgan fingerprint density at radius 3 is 1.85 bits per heavy atom. The Labute approximate surface area is 203 Å². The van der Waals surface area contributed by atoms with Gasteiger partial charge in [-0.2, -0.15) is 0 Å². The summed E-state index contributed by atoms with van der Waals surface area (Å²) in [5.41, 5.74) is 4.94. The van der Waals surface area contributed by atoms with E-state index in [1.54, 1.807) is 14.2 Å². The highest BCUT2D eigenvalue weighted by Gasteiger charge is 2.25. The molecule has 0 saturated carbocycles. The molecule has 0 spiro atoms. The number of rotatable bonds is 15. The van der Waals surface area contributed by atoms with E-state index in [0.29, 0.717) is 0 Å². The largest absolute Gasteiger partial charge is 0.463 e. The fourth-order valence-corrected chi connectivity index (χ4v) is 3.36. The standard InChI is InChI=1S/C29H48O4/c1-11-12-13-17-24-20-26(32-28(5,6)30-9)25(27(21-24)33-29(7,8)31-10)19-18-23(4)16-14-15-22(2)3/h15,18,20-21H,11-14,16-17,19H2,1-10H3. The summed E-state index contributed by atoms with van der Waals surface area (Å²) in [7, 11) is 3.34. The van der Waals surface area contributed by atoms with Gasteiger partial charge < -0.3 is 18.9 Å². The zero-order chi connectivity index (χ0) is 25.1. The Morgan fingerprint density at radius 1 is 0.848 bits per heavy atom. The molecule has 1 aromatic rings. The maximum atomic E-state index is 6.38. The first-order chi connectivity index (χ1) is 15.4. The zero-order valence-electron chi connectivity index (χ0n) is 22.9. The van der Waals surface area contributed by atoms with Gasteiger partial charge in [-0.05, 0) is 70.6 Å². The highest BCUT2D eigenvalue weighted by molar-refractivity contribution is 5.50. The van der Waals surface area contributed by atoms with E-state index >= 15 is 0 Å². The van der Waals surface area contributed by atoms with E-state index in [1.807, 2.05) is 27.7 Å². The van der Waals surface area contributed by atoms with Crippen molar-refractivity contribution in [2.45, 2.75) is 112 Å². The fraction of sp³-hybridized carbons (Fsp3) is 0.655. The lowest BCUT2D eigenvalue weighted by atomic mass is 9.99. The lowest BCUT2D eigenvalue weighted by Gasteiger charge is -2.30. The monoisotopic (exact) mass is 460 g/mol. The summed E-state index contributed by atoms with van der Waals surface area (Å²) >= 11 is 0. The van der Waals surface area contributed by atoms with Crippen LogP contribution in [0.2, 0.25) is 0 Å². The topological polar surface area (TPSA) is 36.9 Å². The minimum atomic E-state index is -0.743. The van der Waals surface area contributed by atoms with Crippen LogP contribution in [0.5, 0.6) is 11.5 Å². The molecule has 0 aliphatic rings. The summed E-state index contributed by atoms with van der Waals surface area (Å²) in [4.78, 5) is 0. The van der Waals surface area contributed by atoms with Gasteiger partial charge in [0.05, 0.1) is 0 Å². The van der Waals surface area contributed by atoms with Crippen LogP contribution in [-0.2, 0) is 22.3 Å². The fourth-order valence-electron chi connectivity index (χ4n) is 3.36. The van der Waals surface area contributed by atoms with Gasteiger partial charge in [0, 0.05) is 47.5 Å². The lowest BCUT2D eigenvalue weighted by Crippen LogP contribution is -2.32. The third-order valence-electron chi connectivity index (χ3n) is 5.74. The van der Waals surface area contributed by atoms with E-state index in [4.69, 9.17) is 18.9 Å². The molecule has 0 unspecified atom stereocenters. The minimum Gasteiger partial charge on any atom is -0.463 e. The molecule has 4 nitrogen and oxygen atoms in total. The lowest BCUT2D eigenvalue weighted by molar-refractivity contribution is -0.138. The van der Waals surface area contributed by atoms with Crippen LogP contribution in [0.15, 0.2) is 35.4 Å². The van der Waals surface area contributed by atoms with Crippen molar-refractivity contribution in [1.29, 1.82) is 0 Å². The molecule has 188 valence electrons. The van der Waals surface area contributed by atoms with Gasteiger partial charge in [-0.15, -0.1) is 0 Å². The first-order valence-corrected chi connectivity index (χ1v) is 12.4. The third kappa shape index (κ3) is 11.3. The van der Waals surface area contributed by atoms with Gasteiger partial charge in [0.25, 0.3) is 0 Å². The first-order valence-electron chi connectivity index (χ1n) is 12.4. The summed E-state index contributed by atoms with van der Waals surface area (Å²) in [5, 5.41) is 0. The molecule has 0 fully saturated rings. The van der Waals surface area contributed by atoms with Gasteiger partial charge in [0.1, 0.15) is 11.5 Å². The maximum absolute atomic E-state index is 6.38. The van der Waals surface area contributed by atoms with Crippen molar-refractivity contribution < 1.29 is 18.9 Å². The Hall–Kier alpha value is -1.78. The zero-order valence-corrected chi connectivity index (χ0v) is 22.9. The van der Waals surface area contributed by atoms with Gasteiger partial charge in [0.2, 0.25) is 11.6 Å². The van der Waals surface area contributed by atoms with Gasteiger partial charge in [0.15, 0.2) is 0 Å². The van der Waals surface area contributed by atoms with Crippen LogP contribution >= 0.6 is 0 Å². The number of unbranched alkanes of at least 4 members (excludes halogenated alkanes) is 2. The Bertz CT molecular complexity index is 744. The predicted molar refractivity (Wildman–Crippen MR) is 139 cm³/mol. The Morgan fingerprint density at radius 2 is 1.39 bits per heavy atom. The van der Waals surface area contributed by atoms with Crippen LogP contribution in [-0.4, -0.2) is 25.8 Å². The molecule has 4 heteroatoms. The molecule has 0 aromatic heterocycles. The molecule has 1 aromatic carbocycles. The minimum absolute atomic E-state index is 0.722. The van der Waals surface area contributed by atoms with E-state index in [2.05, 4.69) is 52.0 Å². The summed E-state index contributed by atoms with van der Waals surface area (Å²) in [5.74, 6) is 0.136. The molecule has 0 saturated heterocycles. The number of aryl methyl sites for hydroxylation is 1. The van der Waals surface area contributed by atoms with E-state index in [9.17, 15) is 0 Å². The number of benzene rings is 1. The third-order valence-corrected chi connectivity index (χ3v) is 5.74. The molecule has 0 aliphatic heterocycles. The van der Waals surface area contributed by atoms with Crippen LogP contribution in [0, 0.1) is 0 Å². The molecule has 0 atom stereocenters. The van der Waals surface area contributed by atoms with E-state index in [-0.39, 0.29) is 0 Å². The van der Waals surface area contributed by atoms with Crippen LogP contribution in [0.1, 0.15) is 98.6 Å². The van der Waals surface area contributed by atoms with Crippen molar-refractivity contribution in [2.75, 3.05) is 14.2 Å². The normalized spacial score (nSPS) is 12.6. The smallest absolute Gasteiger partial charge is 0.204 e. The number of hydrogen-bond acceptors (Lipinski definition) is 4. The molecule has 0 heterocycles. The quantitative estimate of drug-likeness (QED) is 0.150. The molecule has 0 amide bonds. The summed E-state index contributed by atoms with van der Waals surface area (Å²) in [6.45, 7) is 16.4. The average Bonchev–Trinajstić information content (AvgIpc) is 2.72. The van der Waals surface area contributed by atoms with Crippen molar-refractivity contribution in [1.82, 2.24) is 0 Å². The van der Waals surface area contributed by atoms with Gasteiger partial charge in [-0.1, -0.05) is 43.1 Å². The average molecular weight is 461 g/mol. The molecule has 0 N–H and O–H groups in total. The molecular formula is C29H48O4. The molecule has 0 aliphatic carbocycles. The highest BCUT2D eigenvalue weighted by atomic mass is 16.7. The Kier molecular flexibility index (Phi) is 12.2. The van der Waals surface area contributed by atoms with E-state index in [1.165, 1.54) is 29.6 Å². The molecule has 0 bridgehead atoms. The van der Waals surface area contributed by atoms with Crippen molar-refractivity contribution in [2.24, 2.45) is 0 Å². The van der Waals surface area contributed by atoms with Gasteiger partial charge in [-0.3, -0.25) is 0 Å². The second kappa shape index (κ2) is 13.8. The van der Waals surface area contributed by atoms with Gasteiger partial charge >= 0.3 is 0 Å². The molecule has 1 rings (SSSR count). The summed E-state index contributed by atoms with van der Waals surface area (Å²) in [6, 6.07) is 4.32. The number of ether oxygens (including phenoxy) is 4. The summed E-state index contributed by atoms with van der Waals surface area (Å²) in [6.07, 6.45) is 11.9. The van der Waals surface area contributed by atoms with Crippen LogP contribution in [0.25, 0.3) is 0 Å². The van der Waals surface area contributed by atoms with Crippen LogP contribution < -0.4 is 9.47 Å². The van der Waals surface area contributed by atoms with Crippen molar-refractivity contribution in [3.8, 4) is 11.5 Å². The van der Waals surface area contributed by atoms with Crippen LogP contribution in [0.4, 0.5) is 0 Å². The molecular weight excluding hydrogens is 412 g/mol. The molecule has 33 heavy (non-hydrogen) atoms. The molecule has 0 radical (unpaired) electrons. The number of hydrogen-bond donors (Lipinski definition) is 0. The SMILES string of the molecule is CCCCCc1cc(OC(C)(C)OC)c(CC=C(C)CCC=C(C)C)c(OC(C)(C)OC)c1. The van der Waals surface area contributed by atoms with Crippen molar-refractivity contribution in [3.63, 3.8) is 0 Å². The van der Waals surface area contributed by atoms with E-state index in [0.717, 1.165) is 49.2 Å². The maximum Gasteiger partial charge on any atom is 0.204 e. The predicted octanol–water partition coefficient (Wildman–Crippen LogP) is 8.18. The van der Waals surface area contributed by atoms with Crippen molar-refractivity contribution >= 4 is 0 Å². The van der Waals surface area contributed by atoms with Crippen LogP contribution in [0.3, 0.4) is 0 Å². The van der Waals surface area contributed by atoms with E-state index < -0.39 is 11.6 Å². The van der Waals surface area contributed by atoms with Crippen molar-refractivity contribution in [3.05, 3.63) is 46.6 Å². The second-order valence-electron chi connectivity index (χ2n) is 10.0. The second-order valence-corrected chi connectivity index (χ2v) is 10.0. The van der Waals surface area contributed by atoms with Gasteiger partial charge in [-0.25, -0.2) is 0 Å². The number of methoxy groups -OCH3 is 2. The highest BCUT2D eigenvalue weighted by Crippen LogP contribution is 2.37.